The number of halogens is 1. The number of benzene rings is 1. The van der Waals surface area contributed by atoms with Gasteiger partial charge in [-0.3, -0.25) is 19.4 Å². The monoisotopic (exact) mass is 400 g/mol. The van der Waals surface area contributed by atoms with Crippen LogP contribution in [-0.4, -0.2) is 20.5 Å². The van der Waals surface area contributed by atoms with E-state index in [0.29, 0.717) is 0 Å². The minimum atomic E-state index is -0.608. The van der Waals surface area contributed by atoms with Crippen molar-refractivity contribution in [1.82, 2.24) is 9.13 Å². The van der Waals surface area contributed by atoms with Crippen molar-refractivity contribution in [2.45, 2.75) is 0 Å². The summed E-state index contributed by atoms with van der Waals surface area (Å²) in [4.78, 5) is 23.5. The van der Waals surface area contributed by atoms with E-state index in [1.807, 2.05) is 24.3 Å². The Labute approximate surface area is 133 Å². The third kappa shape index (κ3) is 3.15. The minimum Gasteiger partial charge on any atom is -0.494 e. The highest BCUT2D eigenvalue weighted by atomic mass is 127. The quantitative estimate of drug-likeness (QED) is 0.454. The van der Waals surface area contributed by atoms with Gasteiger partial charge in [0.25, 0.3) is 5.56 Å². The van der Waals surface area contributed by atoms with Crippen LogP contribution in [0, 0.1) is 3.57 Å². The van der Waals surface area contributed by atoms with Crippen LogP contribution in [-0.2, 0) is 14.1 Å². The molecule has 0 amide bonds. The summed E-state index contributed by atoms with van der Waals surface area (Å²) in [6.45, 7) is 0. The number of hydrogen-bond donors (Lipinski definition) is 2. The molecule has 0 radical (unpaired) electrons. The highest BCUT2D eigenvalue weighted by molar-refractivity contribution is 14.1. The van der Waals surface area contributed by atoms with Crippen LogP contribution in [0.25, 0.3) is 0 Å². The van der Waals surface area contributed by atoms with Crippen molar-refractivity contribution in [3.8, 4) is 5.88 Å². The van der Waals surface area contributed by atoms with Gasteiger partial charge in [-0.25, -0.2) is 4.79 Å². The Kier molecular flexibility index (Phi) is 4.46. The van der Waals surface area contributed by atoms with E-state index < -0.39 is 17.1 Å². The second kappa shape index (κ2) is 6.12. The van der Waals surface area contributed by atoms with Crippen LogP contribution in [0.4, 0.5) is 5.69 Å². The van der Waals surface area contributed by atoms with E-state index in [1.165, 1.54) is 20.3 Å². The highest BCUT2D eigenvalue weighted by Gasteiger charge is 2.12. The molecule has 7 nitrogen and oxygen atoms in total. The number of hydrazone groups is 1. The Morgan fingerprint density at radius 1 is 1.19 bits per heavy atom. The molecule has 0 aliphatic heterocycles. The summed E-state index contributed by atoms with van der Waals surface area (Å²) in [6.07, 6.45) is 1.19. The maximum atomic E-state index is 11.9. The molecule has 0 saturated heterocycles. The fraction of sp³-hybridized carbons (Fsp3) is 0.154. The number of nitrogens with one attached hydrogen (secondary N) is 1. The SMILES string of the molecule is Cn1c(O)c(C=NNc2ccc(I)cc2)c(=O)n(C)c1=O. The van der Waals surface area contributed by atoms with Crippen LogP contribution in [0.15, 0.2) is 39.0 Å². The van der Waals surface area contributed by atoms with Gasteiger partial charge in [0.05, 0.1) is 11.9 Å². The zero-order valence-electron chi connectivity index (χ0n) is 11.4. The fourth-order valence-corrected chi connectivity index (χ4v) is 2.03. The van der Waals surface area contributed by atoms with E-state index in [1.54, 1.807) is 0 Å². The molecule has 1 heterocycles. The van der Waals surface area contributed by atoms with Gasteiger partial charge in [0.2, 0.25) is 5.88 Å². The molecule has 2 aromatic rings. The summed E-state index contributed by atoms with van der Waals surface area (Å²) in [7, 11) is 2.72. The molecule has 8 heteroatoms. The molecular weight excluding hydrogens is 387 g/mol. The van der Waals surface area contributed by atoms with Gasteiger partial charge in [0.1, 0.15) is 5.56 Å². The molecule has 1 aromatic carbocycles. The second-order valence-corrected chi connectivity index (χ2v) is 5.57. The van der Waals surface area contributed by atoms with E-state index in [2.05, 4.69) is 33.1 Å². The van der Waals surface area contributed by atoms with Crippen molar-refractivity contribution in [3.05, 3.63) is 54.2 Å². The first-order valence-corrected chi connectivity index (χ1v) is 7.03. The van der Waals surface area contributed by atoms with Gasteiger partial charge in [0.15, 0.2) is 0 Å². The standard InChI is InChI=1S/C13H13IN4O3/c1-17-11(19)10(12(20)18(2)13(17)21)7-15-16-9-5-3-8(14)4-6-9/h3-7,16,19H,1-2H3. The molecule has 0 aliphatic rings. The van der Waals surface area contributed by atoms with Crippen LogP contribution in [0.1, 0.15) is 5.56 Å². The maximum Gasteiger partial charge on any atom is 0.333 e. The number of anilines is 1. The van der Waals surface area contributed by atoms with Crippen LogP contribution in [0.5, 0.6) is 5.88 Å². The molecule has 1 aromatic heterocycles. The Balaban J connectivity index is 2.32. The fourth-order valence-electron chi connectivity index (χ4n) is 1.67. The zero-order chi connectivity index (χ0) is 15.6. The predicted molar refractivity (Wildman–Crippen MR) is 89.0 cm³/mol. The number of rotatable bonds is 3. The summed E-state index contributed by atoms with van der Waals surface area (Å²) in [5.41, 5.74) is 2.23. The third-order valence-electron chi connectivity index (χ3n) is 2.90. The summed E-state index contributed by atoms with van der Waals surface area (Å²) in [5, 5.41) is 13.8. The average molecular weight is 400 g/mol. The molecule has 0 saturated carbocycles. The van der Waals surface area contributed by atoms with Crippen molar-refractivity contribution in [2.24, 2.45) is 19.2 Å². The molecule has 0 fully saturated rings. The normalized spacial score (nSPS) is 11.0. The van der Waals surface area contributed by atoms with Gasteiger partial charge in [-0.05, 0) is 46.9 Å². The van der Waals surface area contributed by atoms with Crippen LogP contribution in [0.3, 0.4) is 0 Å². The van der Waals surface area contributed by atoms with Crippen LogP contribution >= 0.6 is 22.6 Å². The average Bonchev–Trinajstić information content (AvgIpc) is 2.48. The molecule has 0 unspecified atom stereocenters. The van der Waals surface area contributed by atoms with Crippen LogP contribution in [0.2, 0.25) is 0 Å². The lowest BCUT2D eigenvalue weighted by Crippen LogP contribution is -2.38. The highest BCUT2D eigenvalue weighted by Crippen LogP contribution is 2.11. The summed E-state index contributed by atoms with van der Waals surface area (Å²) in [5.74, 6) is -0.420. The molecule has 21 heavy (non-hydrogen) atoms. The van der Waals surface area contributed by atoms with Gasteiger partial charge in [-0.2, -0.15) is 5.10 Å². The molecule has 0 atom stereocenters. The van der Waals surface area contributed by atoms with Crippen molar-refractivity contribution in [3.63, 3.8) is 0 Å². The number of nitrogens with zero attached hydrogens (tertiary/aromatic N) is 3. The lowest BCUT2D eigenvalue weighted by atomic mass is 10.3. The first-order valence-electron chi connectivity index (χ1n) is 5.95. The van der Waals surface area contributed by atoms with E-state index in [-0.39, 0.29) is 5.56 Å². The van der Waals surface area contributed by atoms with E-state index >= 15 is 0 Å². The first-order chi connectivity index (χ1) is 9.91. The lowest BCUT2D eigenvalue weighted by Gasteiger charge is -2.07. The van der Waals surface area contributed by atoms with Gasteiger partial charge in [-0.1, -0.05) is 0 Å². The predicted octanol–water partition coefficient (Wildman–Crippen LogP) is 0.840. The van der Waals surface area contributed by atoms with Gasteiger partial charge in [0, 0.05) is 17.7 Å². The largest absolute Gasteiger partial charge is 0.494 e. The Morgan fingerprint density at radius 3 is 2.43 bits per heavy atom. The number of aromatic hydroxyl groups is 1. The minimum absolute atomic E-state index is 0.0578. The molecule has 110 valence electrons. The Bertz CT molecular complexity index is 806. The van der Waals surface area contributed by atoms with Gasteiger partial charge < -0.3 is 5.11 Å². The number of hydrogen-bond acceptors (Lipinski definition) is 5. The van der Waals surface area contributed by atoms with Crippen LogP contribution < -0.4 is 16.7 Å². The first kappa shape index (κ1) is 15.3. The smallest absolute Gasteiger partial charge is 0.333 e. The molecular formula is C13H13IN4O3. The van der Waals surface area contributed by atoms with E-state index in [0.717, 1.165) is 18.4 Å². The maximum absolute atomic E-state index is 11.9. The molecule has 2 N–H and O–H groups in total. The van der Waals surface area contributed by atoms with Crippen molar-refractivity contribution in [2.75, 3.05) is 5.43 Å². The lowest BCUT2D eigenvalue weighted by molar-refractivity contribution is 0.410. The molecule has 0 aliphatic carbocycles. The Hall–Kier alpha value is -2.10. The number of aromatic nitrogens is 2. The van der Waals surface area contributed by atoms with Gasteiger partial charge in [-0.15, -0.1) is 0 Å². The topological polar surface area (TPSA) is 88.6 Å². The molecule has 2 rings (SSSR count). The summed E-state index contributed by atoms with van der Waals surface area (Å²) >= 11 is 2.19. The van der Waals surface area contributed by atoms with Crippen molar-refractivity contribution >= 4 is 34.5 Å². The van der Waals surface area contributed by atoms with Crippen molar-refractivity contribution < 1.29 is 5.11 Å². The van der Waals surface area contributed by atoms with Crippen molar-refractivity contribution in [1.29, 1.82) is 0 Å². The molecule has 0 bridgehead atoms. The summed E-state index contributed by atoms with van der Waals surface area (Å²) in [6, 6.07) is 7.47. The second-order valence-electron chi connectivity index (χ2n) is 4.32. The zero-order valence-corrected chi connectivity index (χ0v) is 13.5. The van der Waals surface area contributed by atoms with E-state index in [4.69, 9.17) is 0 Å². The molecule has 0 spiro atoms. The van der Waals surface area contributed by atoms with Gasteiger partial charge >= 0.3 is 5.69 Å². The van der Waals surface area contributed by atoms with E-state index in [9.17, 15) is 14.7 Å². The third-order valence-corrected chi connectivity index (χ3v) is 3.62. The Morgan fingerprint density at radius 2 is 1.81 bits per heavy atom. The summed E-state index contributed by atoms with van der Waals surface area (Å²) < 4.78 is 2.98.